The van der Waals surface area contributed by atoms with Gasteiger partial charge in [-0.2, -0.15) is 0 Å². The first-order valence-electron chi connectivity index (χ1n) is 15.5. The third-order valence-electron chi connectivity index (χ3n) is 7.21. The second kappa shape index (κ2) is 19.9. The lowest BCUT2D eigenvalue weighted by molar-refractivity contribution is -0.132. The molecule has 0 aromatic heterocycles. The molecule has 0 saturated carbocycles. The van der Waals surface area contributed by atoms with E-state index < -0.39 is 26.0 Å². The minimum absolute atomic E-state index is 0.833. The number of carboxylic acids is 2. The van der Waals surface area contributed by atoms with E-state index in [0.29, 0.717) is 0 Å². The number of aliphatic carboxylic acids is 2. The average Bonchev–Trinajstić information content (AvgIpc) is 3.20. The minimum Gasteiger partial charge on any atom is -0.478 e. The van der Waals surface area contributed by atoms with Crippen LogP contribution in [0.1, 0.15) is 0 Å². The number of rotatable bonds is 8. The standard InChI is InChI=1S/2C18H16NP.2C3H4O2/c2*19-20(16-10-4-1-5-11-16,17-12-6-2-7-13-17)18-14-8-3-9-15-18;2*1-2-3(4)5/h2*1-15,19H;2*2H,1H2,(H,4,5). The molecule has 0 fully saturated rings. The van der Waals surface area contributed by atoms with Crippen LogP contribution in [0.15, 0.2) is 207 Å². The lowest BCUT2D eigenvalue weighted by atomic mass is 10.4. The molecule has 6 nitrogen and oxygen atoms in total. The van der Waals surface area contributed by atoms with Gasteiger partial charge < -0.3 is 20.5 Å². The number of hydrogen-bond donors (Lipinski definition) is 4. The molecule has 0 bridgehead atoms. The highest BCUT2D eigenvalue weighted by atomic mass is 31.2. The first-order valence-corrected chi connectivity index (χ1v) is 19.1. The lowest BCUT2D eigenvalue weighted by Crippen LogP contribution is -2.24. The first-order chi connectivity index (χ1) is 24.2. The average molecular weight is 699 g/mol. The number of carbonyl (C=O) groups is 2. The Morgan fingerprint density at radius 2 is 0.500 bits per heavy atom. The van der Waals surface area contributed by atoms with Gasteiger partial charge in [-0.1, -0.05) is 195 Å². The van der Waals surface area contributed by atoms with Crippen molar-refractivity contribution in [2.45, 2.75) is 0 Å². The summed E-state index contributed by atoms with van der Waals surface area (Å²) in [5, 5.41) is 40.3. The van der Waals surface area contributed by atoms with Crippen molar-refractivity contribution >= 4 is 57.9 Å². The largest absolute Gasteiger partial charge is 0.478 e. The molecule has 0 aliphatic carbocycles. The van der Waals surface area contributed by atoms with Gasteiger partial charge in [0.25, 0.3) is 0 Å². The number of hydrogen-bond acceptors (Lipinski definition) is 4. The SMILES string of the molecule is C=CC(=O)O.C=CC(=O)O.N=P(c1ccccc1)(c1ccccc1)c1ccccc1.N=P(c1ccccc1)(c1ccccc1)c1ccccc1. The van der Waals surface area contributed by atoms with Crippen LogP contribution in [0, 0.1) is 10.3 Å². The van der Waals surface area contributed by atoms with Crippen molar-refractivity contribution in [1.29, 1.82) is 10.3 Å². The fraction of sp³-hybridized carbons (Fsp3) is 0. The summed E-state index contributed by atoms with van der Waals surface area (Å²) in [7, 11) is -4.55. The Bertz CT molecular complexity index is 1670. The van der Waals surface area contributed by atoms with E-state index in [4.69, 9.17) is 10.2 Å². The summed E-state index contributed by atoms with van der Waals surface area (Å²) in [5.41, 5.74) is 0. The van der Waals surface area contributed by atoms with Gasteiger partial charge in [0.2, 0.25) is 0 Å². The second-order valence-corrected chi connectivity index (χ2v) is 16.2. The van der Waals surface area contributed by atoms with E-state index >= 15 is 0 Å². The maximum atomic E-state index is 9.25. The van der Waals surface area contributed by atoms with Crippen molar-refractivity contribution in [3.8, 4) is 0 Å². The summed E-state index contributed by atoms with van der Waals surface area (Å²) in [6.07, 6.45) is 1.67. The van der Waals surface area contributed by atoms with Crippen LogP contribution in [0.4, 0.5) is 0 Å². The third kappa shape index (κ3) is 10.6. The van der Waals surface area contributed by atoms with E-state index in [1.165, 1.54) is 0 Å². The molecule has 0 saturated heterocycles. The summed E-state index contributed by atoms with van der Waals surface area (Å²) in [4.78, 5) is 18.5. The van der Waals surface area contributed by atoms with Crippen molar-refractivity contribution < 1.29 is 19.8 Å². The zero-order chi connectivity index (χ0) is 36.2. The molecule has 0 aliphatic rings. The van der Waals surface area contributed by atoms with Crippen LogP contribution < -0.4 is 31.8 Å². The second-order valence-electron chi connectivity index (χ2n) is 10.4. The van der Waals surface area contributed by atoms with Gasteiger partial charge in [-0.25, -0.2) is 9.59 Å². The monoisotopic (exact) mass is 698 g/mol. The zero-order valence-corrected chi connectivity index (χ0v) is 29.3. The van der Waals surface area contributed by atoms with E-state index in [0.717, 1.165) is 44.0 Å². The Hall–Kier alpha value is -5.80. The van der Waals surface area contributed by atoms with Crippen LogP contribution in [-0.2, 0) is 9.59 Å². The van der Waals surface area contributed by atoms with Gasteiger partial charge in [0.05, 0.1) is 14.1 Å². The number of carboxylic acid groups (broad SMARTS) is 2. The summed E-state index contributed by atoms with van der Waals surface area (Å²) in [6, 6.07) is 61.1. The van der Waals surface area contributed by atoms with Crippen LogP contribution in [-0.4, -0.2) is 22.2 Å². The van der Waals surface area contributed by atoms with Crippen LogP contribution in [0.3, 0.4) is 0 Å². The highest BCUT2D eigenvalue weighted by Gasteiger charge is 2.25. The molecule has 8 heteroatoms. The molecule has 6 rings (SSSR count). The van der Waals surface area contributed by atoms with Crippen molar-refractivity contribution in [2.24, 2.45) is 0 Å². The van der Waals surface area contributed by atoms with Crippen LogP contribution in [0.25, 0.3) is 0 Å². The Morgan fingerprint density at radius 3 is 0.600 bits per heavy atom. The molecule has 0 amide bonds. The van der Waals surface area contributed by atoms with E-state index in [-0.39, 0.29) is 0 Å². The third-order valence-corrected chi connectivity index (χ3v) is 13.6. The topological polar surface area (TPSA) is 122 Å². The molecule has 0 spiro atoms. The van der Waals surface area contributed by atoms with Gasteiger partial charge in [-0.05, 0) is 31.8 Å². The molecule has 0 unspecified atom stereocenters. The molecule has 6 aromatic carbocycles. The lowest BCUT2D eigenvalue weighted by Gasteiger charge is -2.24. The smallest absolute Gasteiger partial charge is 0.327 e. The van der Waals surface area contributed by atoms with Gasteiger partial charge in [-0.15, -0.1) is 0 Å². The van der Waals surface area contributed by atoms with Crippen molar-refractivity contribution in [3.05, 3.63) is 207 Å². The predicted molar refractivity (Wildman–Crippen MR) is 211 cm³/mol. The predicted octanol–water partition coefficient (Wildman–Crippen LogP) is 8.00. The van der Waals surface area contributed by atoms with Crippen LogP contribution in [0.5, 0.6) is 0 Å². The Morgan fingerprint density at radius 1 is 0.380 bits per heavy atom. The van der Waals surface area contributed by atoms with Gasteiger partial charge in [0.1, 0.15) is 0 Å². The van der Waals surface area contributed by atoms with E-state index in [1.807, 2.05) is 109 Å². The van der Waals surface area contributed by atoms with E-state index in [9.17, 15) is 19.9 Å². The molecule has 50 heavy (non-hydrogen) atoms. The van der Waals surface area contributed by atoms with E-state index in [2.05, 4.69) is 86.0 Å². The molecule has 0 radical (unpaired) electrons. The van der Waals surface area contributed by atoms with Crippen LogP contribution >= 0.6 is 14.1 Å². The normalized spacial score (nSPS) is 10.2. The highest BCUT2D eigenvalue weighted by Crippen LogP contribution is 2.43. The van der Waals surface area contributed by atoms with Crippen molar-refractivity contribution in [3.63, 3.8) is 0 Å². The quantitative estimate of drug-likeness (QED) is 0.0951. The Labute approximate surface area is 294 Å². The van der Waals surface area contributed by atoms with Crippen molar-refractivity contribution in [2.75, 3.05) is 0 Å². The maximum absolute atomic E-state index is 9.25. The zero-order valence-electron chi connectivity index (χ0n) is 27.5. The molecular formula is C42H40N2O4P2. The molecule has 252 valence electrons. The minimum atomic E-state index is -2.28. The summed E-state index contributed by atoms with van der Waals surface area (Å²) < 4.78 is 0. The molecular weight excluding hydrogens is 658 g/mol. The molecule has 0 aliphatic heterocycles. The Balaban J connectivity index is 0.000000214. The van der Waals surface area contributed by atoms with Crippen molar-refractivity contribution in [1.82, 2.24) is 0 Å². The number of benzene rings is 6. The number of nitrogens with one attached hydrogen (secondary N) is 2. The summed E-state index contributed by atoms with van der Waals surface area (Å²) in [5.74, 6) is -1.96. The van der Waals surface area contributed by atoms with Gasteiger partial charge >= 0.3 is 11.9 Å². The van der Waals surface area contributed by atoms with E-state index in [1.54, 1.807) is 0 Å². The first kappa shape index (κ1) is 38.6. The van der Waals surface area contributed by atoms with Gasteiger partial charge in [-0.3, -0.25) is 0 Å². The molecule has 0 atom stereocenters. The highest BCUT2D eigenvalue weighted by molar-refractivity contribution is 7.86. The van der Waals surface area contributed by atoms with Crippen LogP contribution in [0.2, 0.25) is 0 Å². The van der Waals surface area contributed by atoms with Gasteiger partial charge in [0.15, 0.2) is 0 Å². The maximum Gasteiger partial charge on any atom is 0.327 e. The Kier molecular flexibility index (Phi) is 15.4. The molecule has 4 N–H and O–H groups in total. The fourth-order valence-corrected chi connectivity index (χ4v) is 10.3. The molecule has 6 aromatic rings. The summed E-state index contributed by atoms with van der Waals surface area (Å²) in [6.45, 7) is 5.92. The fourth-order valence-electron chi connectivity index (χ4n) is 4.80. The van der Waals surface area contributed by atoms with Gasteiger partial charge in [0, 0.05) is 12.2 Å². The summed E-state index contributed by atoms with van der Waals surface area (Å²) >= 11 is 0. The molecule has 0 heterocycles.